The van der Waals surface area contributed by atoms with E-state index >= 15 is 0 Å². The molecular formula is C21H29N3O5. The van der Waals surface area contributed by atoms with Crippen molar-refractivity contribution in [1.29, 1.82) is 0 Å². The van der Waals surface area contributed by atoms with Gasteiger partial charge in [-0.2, -0.15) is 0 Å². The zero-order valence-electron chi connectivity index (χ0n) is 17.2. The molecule has 0 aliphatic carbocycles. The Balaban J connectivity index is 1.53. The van der Waals surface area contributed by atoms with E-state index in [1.54, 1.807) is 19.2 Å². The van der Waals surface area contributed by atoms with Crippen LogP contribution in [0.15, 0.2) is 18.2 Å². The van der Waals surface area contributed by atoms with Crippen LogP contribution in [0.5, 0.6) is 11.5 Å². The molecule has 2 aliphatic rings. The molecule has 1 aromatic carbocycles. The summed E-state index contributed by atoms with van der Waals surface area (Å²) in [6.07, 6.45) is 2.42. The Bertz CT molecular complexity index is 743. The Morgan fingerprint density at radius 1 is 1.00 bits per heavy atom. The van der Waals surface area contributed by atoms with Gasteiger partial charge in [0, 0.05) is 52.5 Å². The number of benzene rings is 1. The first kappa shape index (κ1) is 21.1. The molecule has 29 heavy (non-hydrogen) atoms. The minimum Gasteiger partial charge on any atom is -0.494 e. The number of piperazine rings is 1. The first-order valence-electron chi connectivity index (χ1n) is 10.2. The minimum atomic E-state index is -0.361. The van der Waals surface area contributed by atoms with E-state index in [0.717, 1.165) is 44.8 Å². The van der Waals surface area contributed by atoms with Gasteiger partial charge < -0.3 is 14.4 Å². The van der Waals surface area contributed by atoms with Gasteiger partial charge in [0.15, 0.2) is 5.75 Å². The smallest absolute Gasteiger partial charge is 0.308 e. The molecule has 2 aliphatic heterocycles. The maximum Gasteiger partial charge on any atom is 0.308 e. The van der Waals surface area contributed by atoms with Gasteiger partial charge in [-0.1, -0.05) is 6.07 Å². The molecule has 0 atom stereocenters. The second-order valence-corrected chi connectivity index (χ2v) is 7.38. The quantitative estimate of drug-likeness (QED) is 0.389. The number of nitrogens with zero attached hydrogens (tertiary/aromatic N) is 3. The zero-order valence-corrected chi connectivity index (χ0v) is 17.2. The van der Waals surface area contributed by atoms with Crippen LogP contribution in [0.4, 0.5) is 5.69 Å². The van der Waals surface area contributed by atoms with Gasteiger partial charge in [-0.25, -0.2) is 0 Å². The lowest BCUT2D eigenvalue weighted by molar-refractivity contribution is -0.148. The van der Waals surface area contributed by atoms with Gasteiger partial charge in [-0.05, 0) is 31.5 Å². The van der Waals surface area contributed by atoms with Crippen LogP contribution in [0.2, 0.25) is 0 Å². The topological polar surface area (TPSA) is 79.4 Å². The number of anilines is 1. The van der Waals surface area contributed by atoms with E-state index in [1.807, 2.05) is 6.07 Å². The number of imide groups is 1. The molecule has 0 spiro atoms. The summed E-state index contributed by atoms with van der Waals surface area (Å²) in [4.78, 5) is 41.2. The van der Waals surface area contributed by atoms with Crippen molar-refractivity contribution in [2.24, 2.45) is 0 Å². The minimum absolute atomic E-state index is 0.0414. The molecule has 2 heterocycles. The maximum absolute atomic E-state index is 11.9. The van der Waals surface area contributed by atoms with Gasteiger partial charge in [0.05, 0.1) is 7.11 Å². The summed E-state index contributed by atoms with van der Waals surface area (Å²) in [5.41, 5.74) is 0.800. The Morgan fingerprint density at radius 3 is 2.28 bits per heavy atom. The fourth-order valence-corrected chi connectivity index (χ4v) is 3.91. The van der Waals surface area contributed by atoms with E-state index in [2.05, 4.69) is 9.80 Å². The summed E-state index contributed by atoms with van der Waals surface area (Å²) in [5, 5.41) is 0. The molecule has 0 unspecified atom stereocenters. The highest BCUT2D eigenvalue weighted by Crippen LogP contribution is 2.38. The highest BCUT2D eigenvalue weighted by atomic mass is 16.5. The Kier molecular flexibility index (Phi) is 7.09. The van der Waals surface area contributed by atoms with Crippen LogP contribution in [0, 0.1) is 0 Å². The van der Waals surface area contributed by atoms with Gasteiger partial charge in [0.2, 0.25) is 11.8 Å². The monoisotopic (exact) mass is 403 g/mol. The third-order valence-electron chi connectivity index (χ3n) is 5.36. The van der Waals surface area contributed by atoms with Crippen LogP contribution in [0.1, 0.15) is 32.6 Å². The van der Waals surface area contributed by atoms with Crippen LogP contribution in [-0.2, 0) is 14.4 Å². The van der Waals surface area contributed by atoms with Gasteiger partial charge in [-0.15, -0.1) is 0 Å². The number of ether oxygens (including phenoxy) is 2. The summed E-state index contributed by atoms with van der Waals surface area (Å²) in [5.74, 6) is 0.743. The molecule has 0 saturated carbocycles. The normalized spacial score (nSPS) is 18.1. The molecule has 0 N–H and O–H groups in total. The highest BCUT2D eigenvalue weighted by Gasteiger charge is 2.26. The van der Waals surface area contributed by atoms with Crippen LogP contribution in [0.3, 0.4) is 0 Å². The van der Waals surface area contributed by atoms with Gasteiger partial charge >= 0.3 is 5.97 Å². The average molecular weight is 403 g/mol. The fourth-order valence-electron chi connectivity index (χ4n) is 3.91. The molecule has 1 aromatic rings. The van der Waals surface area contributed by atoms with Crippen LogP contribution >= 0.6 is 0 Å². The summed E-state index contributed by atoms with van der Waals surface area (Å²) < 4.78 is 10.9. The number of carbonyl (C=O) groups excluding carboxylic acids is 3. The number of carbonyl (C=O) groups is 3. The van der Waals surface area contributed by atoms with Crippen molar-refractivity contribution >= 4 is 23.5 Å². The second kappa shape index (κ2) is 9.73. The van der Waals surface area contributed by atoms with Crippen molar-refractivity contribution in [2.45, 2.75) is 32.6 Å². The maximum atomic E-state index is 11.9. The Labute approximate surface area is 171 Å². The molecule has 8 heteroatoms. The lowest BCUT2D eigenvalue weighted by Crippen LogP contribution is -2.47. The fraction of sp³-hybridized carbons (Fsp3) is 0.571. The second-order valence-electron chi connectivity index (χ2n) is 7.38. The summed E-state index contributed by atoms with van der Waals surface area (Å²) in [6, 6.07) is 5.44. The van der Waals surface area contributed by atoms with E-state index < -0.39 is 0 Å². The zero-order chi connectivity index (χ0) is 20.8. The number of para-hydroxylation sites is 1. The van der Waals surface area contributed by atoms with Crippen LogP contribution in [0.25, 0.3) is 0 Å². The molecule has 2 saturated heterocycles. The Morgan fingerprint density at radius 2 is 1.66 bits per heavy atom. The van der Waals surface area contributed by atoms with Crippen LogP contribution in [-0.4, -0.2) is 74.0 Å². The molecule has 3 rings (SSSR count). The van der Waals surface area contributed by atoms with E-state index in [4.69, 9.17) is 9.47 Å². The van der Waals surface area contributed by atoms with Gasteiger partial charge in [-0.3, -0.25) is 24.2 Å². The molecule has 2 amide bonds. The van der Waals surface area contributed by atoms with Crippen molar-refractivity contribution < 1.29 is 23.9 Å². The standard InChI is InChI=1S/C21H29N3O5/c1-16(25)29-18-7-3-6-17(28-2)21(18)23-14-12-22(13-15-23)10-5-11-24-19(26)8-4-9-20(24)27/h3,6-7H,4-5,8-15H2,1-2H3. The molecule has 0 aromatic heterocycles. The van der Waals surface area contributed by atoms with E-state index in [0.29, 0.717) is 37.3 Å². The molecule has 0 radical (unpaired) electrons. The van der Waals surface area contributed by atoms with Crippen molar-refractivity contribution in [3.8, 4) is 11.5 Å². The molecule has 2 fully saturated rings. The largest absolute Gasteiger partial charge is 0.494 e. The van der Waals surface area contributed by atoms with E-state index in [-0.39, 0.29) is 17.8 Å². The molecule has 158 valence electrons. The molecule has 8 nitrogen and oxygen atoms in total. The first-order valence-corrected chi connectivity index (χ1v) is 10.2. The summed E-state index contributed by atoms with van der Waals surface area (Å²) in [6.45, 7) is 5.97. The van der Waals surface area contributed by atoms with Crippen molar-refractivity contribution in [3.63, 3.8) is 0 Å². The predicted octanol–water partition coefficient (Wildman–Crippen LogP) is 1.67. The van der Waals surface area contributed by atoms with E-state index in [1.165, 1.54) is 11.8 Å². The molecule has 0 bridgehead atoms. The average Bonchev–Trinajstić information content (AvgIpc) is 2.70. The number of piperidine rings is 1. The molecular weight excluding hydrogens is 374 g/mol. The summed E-state index contributed by atoms with van der Waals surface area (Å²) in [7, 11) is 1.61. The number of rotatable bonds is 7. The number of esters is 1. The first-order chi connectivity index (χ1) is 14.0. The third kappa shape index (κ3) is 5.26. The third-order valence-corrected chi connectivity index (χ3v) is 5.36. The number of hydrogen-bond acceptors (Lipinski definition) is 7. The highest BCUT2D eigenvalue weighted by molar-refractivity contribution is 5.97. The SMILES string of the molecule is COc1cccc(OC(C)=O)c1N1CCN(CCCN2C(=O)CCCC2=O)CC1. The lowest BCUT2D eigenvalue weighted by Gasteiger charge is -2.37. The van der Waals surface area contributed by atoms with Gasteiger partial charge in [0.1, 0.15) is 11.4 Å². The lowest BCUT2D eigenvalue weighted by atomic mass is 10.1. The number of methoxy groups -OCH3 is 1. The van der Waals surface area contributed by atoms with E-state index in [9.17, 15) is 14.4 Å². The summed E-state index contributed by atoms with van der Waals surface area (Å²) >= 11 is 0. The Hall–Kier alpha value is -2.61. The van der Waals surface area contributed by atoms with Crippen molar-refractivity contribution in [3.05, 3.63) is 18.2 Å². The van der Waals surface area contributed by atoms with Gasteiger partial charge in [0.25, 0.3) is 0 Å². The number of likely N-dealkylation sites (tertiary alicyclic amines) is 1. The number of hydrogen-bond donors (Lipinski definition) is 0. The van der Waals surface area contributed by atoms with Crippen LogP contribution < -0.4 is 14.4 Å². The van der Waals surface area contributed by atoms with Crippen molar-refractivity contribution in [1.82, 2.24) is 9.80 Å². The van der Waals surface area contributed by atoms with Crippen molar-refractivity contribution in [2.75, 3.05) is 51.3 Å². The number of amides is 2. The predicted molar refractivity (Wildman–Crippen MR) is 108 cm³/mol.